The number of benzene rings is 1. The van der Waals surface area contributed by atoms with Crippen molar-refractivity contribution in [3.8, 4) is 0 Å². The molecule has 17 heavy (non-hydrogen) atoms. The SMILES string of the molecule is O=[N+]([O-])Cc1c(F)c(Cl)c(F)c(F)c1[N+](=O)[O-]. The Hall–Kier alpha value is -1.90. The van der Waals surface area contributed by atoms with Crippen molar-refractivity contribution >= 4 is 17.3 Å². The average Bonchev–Trinajstić information content (AvgIpc) is 2.22. The largest absolute Gasteiger partial charge is 0.320 e. The summed E-state index contributed by atoms with van der Waals surface area (Å²) in [6.45, 7) is -1.38. The van der Waals surface area contributed by atoms with E-state index in [0.717, 1.165) is 0 Å². The molecule has 0 aliphatic carbocycles. The summed E-state index contributed by atoms with van der Waals surface area (Å²) in [5.41, 5.74) is -2.83. The van der Waals surface area contributed by atoms with Gasteiger partial charge in [0.25, 0.3) is 0 Å². The van der Waals surface area contributed by atoms with Gasteiger partial charge in [0.2, 0.25) is 12.4 Å². The number of hydrogen-bond donors (Lipinski definition) is 0. The predicted octanol–water partition coefficient (Wildman–Crippen LogP) is 2.44. The molecule has 1 aromatic rings. The van der Waals surface area contributed by atoms with Gasteiger partial charge in [-0.3, -0.25) is 20.2 Å². The molecule has 0 atom stereocenters. The molecule has 0 heterocycles. The molecule has 0 unspecified atom stereocenters. The van der Waals surface area contributed by atoms with Crippen LogP contribution in [0.5, 0.6) is 0 Å². The third-order valence-corrected chi connectivity index (χ3v) is 2.14. The summed E-state index contributed by atoms with van der Waals surface area (Å²) in [5, 5.41) is 19.2. The normalized spacial score (nSPS) is 10.4. The van der Waals surface area contributed by atoms with Gasteiger partial charge in [-0.15, -0.1) is 0 Å². The van der Waals surface area contributed by atoms with Crippen LogP contribution in [-0.2, 0) is 6.54 Å². The van der Waals surface area contributed by atoms with Gasteiger partial charge in [0.15, 0.2) is 11.6 Å². The minimum absolute atomic E-state index is 1.13. The number of nitro benzene ring substituents is 1. The van der Waals surface area contributed by atoms with E-state index in [1.54, 1.807) is 0 Å². The van der Waals surface area contributed by atoms with E-state index in [-0.39, 0.29) is 0 Å². The van der Waals surface area contributed by atoms with Crippen LogP contribution in [-0.4, -0.2) is 9.85 Å². The van der Waals surface area contributed by atoms with Crippen LogP contribution in [0.25, 0.3) is 0 Å². The Morgan fingerprint density at radius 1 is 1.06 bits per heavy atom. The Bertz CT molecular complexity index is 523. The van der Waals surface area contributed by atoms with Crippen LogP contribution < -0.4 is 0 Å². The fourth-order valence-corrected chi connectivity index (χ4v) is 1.33. The van der Waals surface area contributed by atoms with Gasteiger partial charge < -0.3 is 0 Å². The number of rotatable bonds is 3. The lowest BCUT2D eigenvalue weighted by molar-refractivity contribution is -0.499. The number of halogens is 4. The molecule has 1 aromatic carbocycles. The second-order valence-corrected chi connectivity index (χ2v) is 3.21. The topological polar surface area (TPSA) is 86.3 Å². The second kappa shape index (κ2) is 4.53. The summed E-state index contributed by atoms with van der Waals surface area (Å²) in [6.07, 6.45) is 0. The Balaban J connectivity index is 3.65. The molecule has 10 heteroatoms. The van der Waals surface area contributed by atoms with Gasteiger partial charge in [0.1, 0.15) is 10.6 Å². The quantitative estimate of drug-likeness (QED) is 0.365. The number of hydrogen-bond acceptors (Lipinski definition) is 4. The molecule has 0 fully saturated rings. The van der Waals surface area contributed by atoms with Crippen molar-refractivity contribution in [3.05, 3.63) is 48.3 Å². The second-order valence-electron chi connectivity index (χ2n) is 2.83. The molecule has 0 saturated carbocycles. The van der Waals surface area contributed by atoms with E-state index < -0.39 is 50.1 Å². The minimum atomic E-state index is -2.03. The smallest absolute Gasteiger partial charge is 0.264 e. The van der Waals surface area contributed by atoms with Gasteiger partial charge in [0, 0.05) is 4.92 Å². The molecular formula is C7H2ClF3N2O4. The molecule has 6 nitrogen and oxygen atoms in total. The minimum Gasteiger partial charge on any atom is -0.264 e. The maximum Gasteiger partial charge on any atom is 0.320 e. The van der Waals surface area contributed by atoms with E-state index in [9.17, 15) is 33.4 Å². The highest BCUT2D eigenvalue weighted by atomic mass is 35.5. The van der Waals surface area contributed by atoms with Gasteiger partial charge in [-0.2, -0.15) is 4.39 Å². The summed E-state index contributed by atoms with van der Waals surface area (Å²) in [5.74, 6) is -5.70. The van der Waals surface area contributed by atoms with Gasteiger partial charge in [-0.05, 0) is 0 Å². The van der Waals surface area contributed by atoms with E-state index in [4.69, 9.17) is 11.6 Å². The lowest BCUT2D eigenvalue weighted by atomic mass is 10.1. The number of nitrogens with zero attached hydrogens (tertiary/aromatic N) is 2. The molecule has 0 aromatic heterocycles. The molecule has 0 bridgehead atoms. The van der Waals surface area contributed by atoms with Crippen LogP contribution in [0.2, 0.25) is 5.02 Å². The average molecular weight is 271 g/mol. The summed E-state index contributed by atoms with van der Waals surface area (Å²) in [7, 11) is 0. The zero-order chi connectivity index (χ0) is 13.3. The maximum absolute atomic E-state index is 13.3. The fourth-order valence-electron chi connectivity index (χ4n) is 1.13. The fraction of sp³-hybridized carbons (Fsp3) is 0.143. The first-order valence-electron chi connectivity index (χ1n) is 3.88. The summed E-state index contributed by atoms with van der Waals surface area (Å²) < 4.78 is 39.3. The first kappa shape index (κ1) is 13.2. The van der Waals surface area contributed by atoms with Crippen LogP contribution in [0.15, 0.2) is 0 Å². The highest BCUT2D eigenvalue weighted by Crippen LogP contribution is 2.33. The molecule has 0 aliphatic rings. The molecule has 0 amide bonds. The van der Waals surface area contributed by atoms with Crippen LogP contribution in [0.4, 0.5) is 18.9 Å². The lowest BCUT2D eigenvalue weighted by Crippen LogP contribution is -2.10. The third kappa shape index (κ3) is 2.28. The van der Waals surface area contributed by atoms with Crippen LogP contribution in [0.3, 0.4) is 0 Å². The predicted molar refractivity (Wildman–Crippen MR) is 48.7 cm³/mol. The molecule has 0 spiro atoms. The van der Waals surface area contributed by atoms with Crippen molar-refractivity contribution in [2.75, 3.05) is 0 Å². The van der Waals surface area contributed by atoms with Gasteiger partial charge >= 0.3 is 5.69 Å². The Kier molecular flexibility index (Phi) is 3.51. The standard InChI is InChI=1S/C7H2ClF3N2O4/c8-3-4(9)2(1-12(14)15)7(13(16)17)6(11)5(3)10/h1H2. The highest BCUT2D eigenvalue weighted by Gasteiger charge is 2.34. The first-order chi connectivity index (χ1) is 7.77. The van der Waals surface area contributed by atoms with Crippen molar-refractivity contribution in [1.82, 2.24) is 0 Å². The van der Waals surface area contributed by atoms with E-state index >= 15 is 0 Å². The molecule has 0 N–H and O–H groups in total. The first-order valence-corrected chi connectivity index (χ1v) is 4.26. The molecule has 0 aliphatic heterocycles. The third-order valence-electron chi connectivity index (χ3n) is 1.81. The van der Waals surface area contributed by atoms with E-state index in [1.807, 2.05) is 0 Å². The molecule has 0 saturated heterocycles. The zero-order valence-electron chi connectivity index (χ0n) is 7.75. The van der Waals surface area contributed by atoms with Crippen LogP contribution in [0, 0.1) is 37.7 Å². The van der Waals surface area contributed by atoms with E-state index in [1.165, 1.54) is 0 Å². The summed E-state index contributed by atoms with van der Waals surface area (Å²) >= 11 is 5.01. The molecule has 0 radical (unpaired) electrons. The Morgan fingerprint density at radius 3 is 2.00 bits per heavy atom. The van der Waals surface area contributed by atoms with E-state index in [2.05, 4.69) is 0 Å². The Labute approximate surface area is 95.9 Å². The maximum atomic E-state index is 13.3. The summed E-state index contributed by atoms with van der Waals surface area (Å²) in [4.78, 5) is 18.0. The van der Waals surface area contributed by atoms with Crippen molar-refractivity contribution in [2.45, 2.75) is 6.54 Å². The van der Waals surface area contributed by atoms with Crippen LogP contribution >= 0.6 is 11.6 Å². The molecule has 1 rings (SSSR count). The van der Waals surface area contributed by atoms with Crippen molar-refractivity contribution in [1.29, 1.82) is 0 Å². The lowest BCUT2D eigenvalue weighted by Gasteiger charge is -2.04. The highest BCUT2D eigenvalue weighted by molar-refractivity contribution is 6.31. The van der Waals surface area contributed by atoms with Gasteiger partial charge in [0.05, 0.1) is 4.92 Å². The van der Waals surface area contributed by atoms with Crippen LogP contribution in [0.1, 0.15) is 5.56 Å². The molecule has 92 valence electrons. The van der Waals surface area contributed by atoms with Crippen molar-refractivity contribution < 1.29 is 23.0 Å². The monoisotopic (exact) mass is 270 g/mol. The van der Waals surface area contributed by atoms with Gasteiger partial charge in [-0.25, -0.2) is 8.78 Å². The van der Waals surface area contributed by atoms with Gasteiger partial charge in [-0.1, -0.05) is 11.6 Å². The zero-order valence-corrected chi connectivity index (χ0v) is 8.50. The van der Waals surface area contributed by atoms with E-state index in [0.29, 0.717) is 0 Å². The molecular weight excluding hydrogens is 269 g/mol. The summed E-state index contributed by atoms with van der Waals surface area (Å²) in [6, 6.07) is 0. The number of nitro groups is 2. The van der Waals surface area contributed by atoms with Crippen molar-refractivity contribution in [3.63, 3.8) is 0 Å². The van der Waals surface area contributed by atoms with Crippen molar-refractivity contribution in [2.24, 2.45) is 0 Å². The Morgan fingerprint density at radius 2 is 1.59 bits per heavy atom.